The maximum Gasteiger partial charge on any atom is 0.120 e. The summed E-state index contributed by atoms with van der Waals surface area (Å²) in [4.78, 5) is 0. The maximum atomic E-state index is 10.4. The van der Waals surface area contributed by atoms with Gasteiger partial charge in [-0.2, -0.15) is 0 Å². The van der Waals surface area contributed by atoms with Gasteiger partial charge in [-0.3, -0.25) is 0 Å². The summed E-state index contributed by atoms with van der Waals surface area (Å²) in [5, 5.41) is 20.7. The highest BCUT2D eigenvalue weighted by atomic mass is 16.5. The minimum absolute atomic E-state index is 0.104. The van der Waals surface area contributed by atoms with Gasteiger partial charge in [-0.05, 0) is 44.4 Å². The van der Waals surface area contributed by atoms with E-state index in [2.05, 4.69) is 0 Å². The van der Waals surface area contributed by atoms with E-state index in [0.717, 1.165) is 24.2 Å². The largest absolute Gasteiger partial charge is 0.491 e. The van der Waals surface area contributed by atoms with E-state index in [9.17, 15) is 10.2 Å². The van der Waals surface area contributed by atoms with E-state index >= 15 is 0 Å². The van der Waals surface area contributed by atoms with Crippen LogP contribution in [0.3, 0.4) is 0 Å². The van der Waals surface area contributed by atoms with E-state index in [1.165, 1.54) is 0 Å². The van der Waals surface area contributed by atoms with Crippen molar-refractivity contribution < 1.29 is 14.9 Å². The van der Waals surface area contributed by atoms with Crippen LogP contribution < -0.4 is 4.74 Å². The molecule has 1 unspecified atom stereocenters. The van der Waals surface area contributed by atoms with Gasteiger partial charge < -0.3 is 14.9 Å². The molecule has 0 radical (unpaired) electrons. The van der Waals surface area contributed by atoms with Crippen LogP contribution in [0.25, 0.3) is 0 Å². The van der Waals surface area contributed by atoms with Gasteiger partial charge in [-0.1, -0.05) is 25.0 Å². The van der Waals surface area contributed by atoms with E-state index in [1.54, 1.807) is 0 Å². The summed E-state index contributed by atoms with van der Waals surface area (Å²) >= 11 is 0. The molecule has 1 aliphatic rings. The van der Waals surface area contributed by atoms with Crippen LogP contribution in [0.5, 0.6) is 5.75 Å². The number of rotatable bonds is 4. The number of aliphatic hydroxyl groups is 2. The van der Waals surface area contributed by atoms with E-state index in [4.69, 9.17) is 4.74 Å². The van der Waals surface area contributed by atoms with Crippen molar-refractivity contribution in [3.05, 3.63) is 29.8 Å². The Morgan fingerprint density at radius 2 is 1.89 bits per heavy atom. The molecular weight excluding hydrogens is 228 g/mol. The van der Waals surface area contributed by atoms with Crippen LogP contribution in [0.15, 0.2) is 24.3 Å². The molecule has 0 spiro atoms. The van der Waals surface area contributed by atoms with E-state index in [1.807, 2.05) is 38.1 Å². The van der Waals surface area contributed by atoms with Gasteiger partial charge in [-0.15, -0.1) is 0 Å². The molecule has 0 amide bonds. The zero-order chi connectivity index (χ0) is 13.2. The molecule has 3 heteroatoms. The predicted octanol–water partition coefficient (Wildman–Crippen LogP) is 2.81. The van der Waals surface area contributed by atoms with Crippen molar-refractivity contribution in [1.29, 1.82) is 0 Å². The Kier molecular flexibility index (Phi) is 3.93. The van der Waals surface area contributed by atoms with E-state index in [-0.39, 0.29) is 6.10 Å². The Bertz CT molecular complexity index is 394. The molecule has 18 heavy (non-hydrogen) atoms. The minimum Gasteiger partial charge on any atom is -0.491 e. The van der Waals surface area contributed by atoms with Crippen LogP contribution in [0, 0.1) is 0 Å². The molecule has 2 N–H and O–H groups in total. The molecule has 0 heterocycles. The van der Waals surface area contributed by atoms with Crippen molar-refractivity contribution >= 4 is 0 Å². The Hall–Kier alpha value is -1.06. The zero-order valence-electron chi connectivity index (χ0n) is 11.1. The summed E-state index contributed by atoms with van der Waals surface area (Å²) < 4.78 is 5.61. The fourth-order valence-corrected chi connectivity index (χ4v) is 2.60. The molecule has 0 saturated heterocycles. The van der Waals surface area contributed by atoms with Gasteiger partial charge in [0.1, 0.15) is 11.9 Å². The summed E-state index contributed by atoms with van der Waals surface area (Å²) in [6.45, 7) is 3.93. The average molecular weight is 250 g/mol. The monoisotopic (exact) mass is 250 g/mol. The summed E-state index contributed by atoms with van der Waals surface area (Å²) in [5.41, 5.74) is -0.228. The van der Waals surface area contributed by atoms with Crippen LogP contribution in [0.2, 0.25) is 0 Å². The summed E-state index contributed by atoms with van der Waals surface area (Å²) in [6, 6.07) is 7.39. The van der Waals surface area contributed by atoms with Gasteiger partial charge in [0, 0.05) is 0 Å². The van der Waals surface area contributed by atoms with Crippen molar-refractivity contribution in [2.75, 3.05) is 0 Å². The normalized spacial score (nSPS) is 20.1. The molecule has 0 aliphatic heterocycles. The standard InChI is InChI=1S/C15H22O3/c1-11(2)18-13-7-5-6-12(10-13)14(16)15(17)8-3-4-9-15/h5-7,10-11,14,16-17H,3-4,8-9H2,1-2H3. The van der Waals surface area contributed by atoms with Gasteiger partial charge >= 0.3 is 0 Å². The van der Waals surface area contributed by atoms with Gasteiger partial charge in [0.15, 0.2) is 0 Å². The summed E-state index contributed by atoms with van der Waals surface area (Å²) in [5.74, 6) is 0.739. The van der Waals surface area contributed by atoms with Crippen LogP contribution >= 0.6 is 0 Å². The third-order valence-corrected chi connectivity index (χ3v) is 3.52. The van der Waals surface area contributed by atoms with E-state index < -0.39 is 11.7 Å². The number of hydrogen-bond acceptors (Lipinski definition) is 3. The van der Waals surface area contributed by atoms with Crippen molar-refractivity contribution in [3.63, 3.8) is 0 Å². The highest BCUT2D eigenvalue weighted by Crippen LogP contribution is 2.40. The molecule has 100 valence electrons. The highest BCUT2D eigenvalue weighted by molar-refractivity contribution is 5.31. The first-order valence-electron chi connectivity index (χ1n) is 6.68. The number of hydrogen-bond donors (Lipinski definition) is 2. The number of aliphatic hydroxyl groups excluding tert-OH is 1. The van der Waals surface area contributed by atoms with Crippen LogP contribution in [-0.4, -0.2) is 21.9 Å². The molecule has 1 aromatic rings. The molecule has 0 bridgehead atoms. The molecular formula is C15H22O3. The molecule has 1 atom stereocenters. The van der Waals surface area contributed by atoms with Crippen LogP contribution in [-0.2, 0) is 0 Å². The average Bonchev–Trinajstić information content (AvgIpc) is 2.76. The summed E-state index contributed by atoms with van der Waals surface area (Å²) in [6.07, 6.45) is 2.58. The lowest BCUT2D eigenvalue weighted by Crippen LogP contribution is -2.32. The lowest BCUT2D eigenvalue weighted by atomic mass is 9.89. The first-order chi connectivity index (χ1) is 8.51. The first-order valence-corrected chi connectivity index (χ1v) is 6.68. The highest BCUT2D eigenvalue weighted by Gasteiger charge is 2.39. The molecule has 1 fully saturated rings. The molecule has 3 nitrogen and oxygen atoms in total. The maximum absolute atomic E-state index is 10.4. The van der Waals surface area contributed by atoms with Gasteiger partial charge in [0.2, 0.25) is 0 Å². The lowest BCUT2D eigenvalue weighted by molar-refractivity contribution is -0.0719. The lowest BCUT2D eigenvalue weighted by Gasteiger charge is -2.29. The quantitative estimate of drug-likeness (QED) is 0.864. The van der Waals surface area contributed by atoms with Crippen LogP contribution in [0.1, 0.15) is 51.2 Å². The van der Waals surface area contributed by atoms with Gasteiger partial charge in [0.05, 0.1) is 11.7 Å². The summed E-state index contributed by atoms with van der Waals surface area (Å²) in [7, 11) is 0. The second-order valence-corrected chi connectivity index (χ2v) is 5.45. The number of ether oxygens (including phenoxy) is 1. The van der Waals surface area contributed by atoms with E-state index in [0.29, 0.717) is 12.8 Å². The Labute approximate surface area is 108 Å². The fraction of sp³-hybridized carbons (Fsp3) is 0.600. The van der Waals surface area contributed by atoms with Crippen molar-refractivity contribution in [1.82, 2.24) is 0 Å². The smallest absolute Gasteiger partial charge is 0.120 e. The van der Waals surface area contributed by atoms with Crippen molar-refractivity contribution in [2.45, 2.75) is 57.3 Å². The Morgan fingerprint density at radius 3 is 2.50 bits per heavy atom. The fourth-order valence-electron chi connectivity index (χ4n) is 2.60. The Morgan fingerprint density at radius 1 is 1.22 bits per heavy atom. The number of benzene rings is 1. The minimum atomic E-state index is -0.962. The first kappa shape index (κ1) is 13.4. The van der Waals surface area contributed by atoms with Crippen molar-refractivity contribution in [3.8, 4) is 5.75 Å². The second kappa shape index (κ2) is 5.29. The third kappa shape index (κ3) is 2.85. The zero-order valence-corrected chi connectivity index (χ0v) is 11.1. The van der Waals surface area contributed by atoms with Crippen LogP contribution in [0.4, 0.5) is 0 Å². The Balaban J connectivity index is 2.17. The molecule has 1 saturated carbocycles. The van der Waals surface area contributed by atoms with Gasteiger partial charge in [0.25, 0.3) is 0 Å². The second-order valence-electron chi connectivity index (χ2n) is 5.45. The molecule has 1 aliphatic carbocycles. The molecule has 0 aromatic heterocycles. The SMILES string of the molecule is CC(C)Oc1cccc(C(O)C2(O)CCCC2)c1. The topological polar surface area (TPSA) is 49.7 Å². The molecule has 2 rings (SSSR count). The van der Waals surface area contributed by atoms with Gasteiger partial charge in [-0.25, -0.2) is 0 Å². The molecule has 1 aromatic carbocycles. The predicted molar refractivity (Wildman–Crippen MR) is 70.6 cm³/mol. The van der Waals surface area contributed by atoms with Crippen molar-refractivity contribution in [2.24, 2.45) is 0 Å². The third-order valence-electron chi connectivity index (χ3n) is 3.52.